The van der Waals surface area contributed by atoms with E-state index in [2.05, 4.69) is 36.0 Å². The van der Waals surface area contributed by atoms with E-state index in [9.17, 15) is 0 Å². The minimum Gasteiger partial charge on any atom is -0.399 e. The molecule has 1 aromatic rings. The van der Waals surface area contributed by atoms with E-state index in [1.165, 1.54) is 44.6 Å². The molecule has 0 aromatic heterocycles. The molecule has 0 aliphatic carbocycles. The molecule has 2 rings (SSSR count). The van der Waals surface area contributed by atoms with E-state index in [1.54, 1.807) is 0 Å². The number of anilines is 2. The highest BCUT2D eigenvalue weighted by Gasteiger charge is 2.19. The van der Waals surface area contributed by atoms with Crippen LogP contribution < -0.4 is 10.6 Å². The summed E-state index contributed by atoms with van der Waals surface area (Å²) in [6, 6.07) is 8.26. The Labute approximate surface area is 111 Å². The summed E-state index contributed by atoms with van der Waals surface area (Å²) in [5.41, 5.74) is 7.88. The van der Waals surface area contributed by atoms with E-state index in [0.29, 0.717) is 0 Å². The molecule has 0 spiro atoms. The lowest BCUT2D eigenvalue weighted by Gasteiger charge is -2.34. The lowest BCUT2D eigenvalue weighted by molar-refractivity contribution is 0.313. The molecule has 3 heteroatoms. The average molecular weight is 247 g/mol. The molecule has 0 radical (unpaired) electrons. The molecule has 1 heterocycles. The molecule has 0 unspecified atom stereocenters. The van der Waals surface area contributed by atoms with Gasteiger partial charge in [0.2, 0.25) is 0 Å². The highest BCUT2D eigenvalue weighted by atomic mass is 15.1. The van der Waals surface area contributed by atoms with Crippen molar-refractivity contribution in [2.45, 2.75) is 19.3 Å². The maximum absolute atomic E-state index is 5.72. The molecule has 1 fully saturated rings. The Morgan fingerprint density at radius 2 is 1.78 bits per heavy atom. The third kappa shape index (κ3) is 3.64. The second-order valence-electron chi connectivity index (χ2n) is 5.61. The van der Waals surface area contributed by atoms with Gasteiger partial charge in [0.15, 0.2) is 0 Å². The molecular formula is C15H25N3. The molecule has 0 saturated carbocycles. The van der Waals surface area contributed by atoms with Crippen LogP contribution in [0.1, 0.15) is 19.3 Å². The first kappa shape index (κ1) is 13.2. The fourth-order valence-electron chi connectivity index (χ4n) is 2.61. The molecular weight excluding hydrogens is 222 g/mol. The fourth-order valence-corrected chi connectivity index (χ4v) is 2.61. The Balaban J connectivity index is 1.81. The lowest BCUT2D eigenvalue weighted by atomic mass is 9.93. The number of piperidine rings is 1. The van der Waals surface area contributed by atoms with Gasteiger partial charge in [-0.1, -0.05) is 0 Å². The van der Waals surface area contributed by atoms with Crippen LogP contribution in [-0.2, 0) is 0 Å². The largest absolute Gasteiger partial charge is 0.399 e. The average Bonchev–Trinajstić information content (AvgIpc) is 2.38. The summed E-state index contributed by atoms with van der Waals surface area (Å²) < 4.78 is 0. The topological polar surface area (TPSA) is 32.5 Å². The van der Waals surface area contributed by atoms with Crippen LogP contribution in [0.2, 0.25) is 0 Å². The van der Waals surface area contributed by atoms with Crippen LogP contribution in [0.5, 0.6) is 0 Å². The van der Waals surface area contributed by atoms with Gasteiger partial charge in [0.05, 0.1) is 0 Å². The van der Waals surface area contributed by atoms with Crippen molar-refractivity contribution in [2.75, 3.05) is 44.4 Å². The predicted molar refractivity (Wildman–Crippen MR) is 79.0 cm³/mol. The smallest absolute Gasteiger partial charge is 0.0367 e. The van der Waals surface area contributed by atoms with Crippen LogP contribution in [0, 0.1) is 5.92 Å². The first-order valence-electron chi connectivity index (χ1n) is 6.90. The first-order valence-corrected chi connectivity index (χ1v) is 6.90. The first-order chi connectivity index (χ1) is 8.65. The molecule has 0 bridgehead atoms. The van der Waals surface area contributed by atoms with Crippen molar-refractivity contribution in [3.8, 4) is 0 Å². The normalized spacial score (nSPS) is 17.4. The molecule has 1 aliphatic heterocycles. The van der Waals surface area contributed by atoms with Crippen LogP contribution in [0.4, 0.5) is 11.4 Å². The highest BCUT2D eigenvalue weighted by Crippen LogP contribution is 2.25. The Bertz CT molecular complexity index is 351. The van der Waals surface area contributed by atoms with Crippen molar-refractivity contribution in [3.05, 3.63) is 24.3 Å². The summed E-state index contributed by atoms with van der Waals surface area (Å²) in [6.07, 6.45) is 3.97. The third-order valence-electron chi connectivity index (χ3n) is 3.86. The van der Waals surface area contributed by atoms with Crippen molar-refractivity contribution >= 4 is 11.4 Å². The van der Waals surface area contributed by atoms with Gasteiger partial charge in [-0.2, -0.15) is 0 Å². The maximum atomic E-state index is 5.72. The number of nitrogen functional groups attached to an aromatic ring is 1. The molecule has 1 saturated heterocycles. The van der Waals surface area contributed by atoms with Crippen molar-refractivity contribution in [1.29, 1.82) is 0 Å². The summed E-state index contributed by atoms with van der Waals surface area (Å²) in [5.74, 6) is 0.900. The third-order valence-corrected chi connectivity index (χ3v) is 3.86. The lowest BCUT2D eigenvalue weighted by Crippen LogP contribution is -2.34. The molecule has 18 heavy (non-hydrogen) atoms. The Hall–Kier alpha value is -1.22. The monoisotopic (exact) mass is 247 g/mol. The molecule has 0 amide bonds. The van der Waals surface area contributed by atoms with Gasteiger partial charge in [0, 0.05) is 24.5 Å². The van der Waals surface area contributed by atoms with Gasteiger partial charge >= 0.3 is 0 Å². The van der Waals surface area contributed by atoms with Crippen LogP contribution in [0.25, 0.3) is 0 Å². The number of nitrogens with zero attached hydrogens (tertiary/aromatic N) is 2. The fraction of sp³-hybridized carbons (Fsp3) is 0.600. The van der Waals surface area contributed by atoms with E-state index < -0.39 is 0 Å². The molecule has 0 atom stereocenters. The van der Waals surface area contributed by atoms with Crippen molar-refractivity contribution in [2.24, 2.45) is 5.92 Å². The van der Waals surface area contributed by atoms with Crippen LogP contribution in [0.15, 0.2) is 24.3 Å². The van der Waals surface area contributed by atoms with Gasteiger partial charge in [0.25, 0.3) is 0 Å². The second-order valence-corrected chi connectivity index (χ2v) is 5.61. The van der Waals surface area contributed by atoms with Crippen molar-refractivity contribution < 1.29 is 0 Å². The van der Waals surface area contributed by atoms with Crippen LogP contribution in [-0.4, -0.2) is 38.6 Å². The standard InChI is InChI=1S/C15H25N3/c1-17(2)10-7-13-8-11-18(12-9-13)15-5-3-14(16)4-6-15/h3-6,13H,7-12,16H2,1-2H3. The summed E-state index contributed by atoms with van der Waals surface area (Å²) >= 11 is 0. The molecule has 100 valence electrons. The van der Waals surface area contributed by atoms with Gasteiger partial charge < -0.3 is 15.5 Å². The van der Waals surface area contributed by atoms with Gasteiger partial charge in [-0.05, 0) is 70.1 Å². The molecule has 3 nitrogen and oxygen atoms in total. The zero-order chi connectivity index (χ0) is 13.0. The van der Waals surface area contributed by atoms with Crippen LogP contribution >= 0.6 is 0 Å². The SMILES string of the molecule is CN(C)CCC1CCN(c2ccc(N)cc2)CC1. The number of rotatable bonds is 4. The highest BCUT2D eigenvalue weighted by molar-refractivity contribution is 5.53. The number of benzene rings is 1. The van der Waals surface area contributed by atoms with Gasteiger partial charge in [0.1, 0.15) is 0 Å². The number of nitrogens with two attached hydrogens (primary N) is 1. The maximum Gasteiger partial charge on any atom is 0.0367 e. The Morgan fingerprint density at radius 3 is 2.33 bits per heavy atom. The molecule has 1 aliphatic rings. The number of hydrogen-bond acceptors (Lipinski definition) is 3. The van der Waals surface area contributed by atoms with E-state index in [-0.39, 0.29) is 0 Å². The summed E-state index contributed by atoms with van der Waals surface area (Å²) in [6.45, 7) is 3.58. The van der Waals surface area contributed by atoms with Gasteiger partial charge in [-0.3, -0.25) is 0 Å². The predicted octanol–water partition coefficient (Wildman–Crippen LogP) is 2.44. The Kier molecular flexibility index (Phi) is 4.48. The van der Waals surface area contributed by atoms with Crippen molar-refractivity contribution in [1.82, 2.24) is 4.90 Å². The zero-order valence-electron chi connectivity index (χ0n) is 11.6. The summed E-state index contributed by atoms with van der Waals surface area (Å²) in [7, 11) is 4.31. The minimum atomic E-state index is 0.847. The summed E-state index contributed by atoms with van der Waals surface area (Å²) in [4.78, 5) is 4.76. The zero-order valence-corrected chi connectivity index (χ0v) is 11.6. The van der Waals surface area contributed by atoms with Gasteiger partial charge in [-0.15, -0.1) is 0 Å². The Morgan fingerprint density at radius 1 is 1.17 bits per heavy atom. The van der Waals surface area contributed by atoms with Crippen molar-refractivity contribution in [3.63, 3.8) is 0 Å². The minimum absolute atomic E-state index is 0.847. The van der Waals surface area contributed by atoms with E-state index >= 15 is 0 Å². The van der Waals surface area contributed by atoms with E-state index in [4.69, 9.17) is 5.73 Å². The summed E-state index contributed by atoms with van der Waals surface area (Å²) in [5, 5.41) is 0. The number of hydrogen-bond donors (Lipinski definition) is 1. The quantitative estimate of drug-likeness (QED) is 0.829. The van der Waals surface area contributed by atoms with E-state index in [0.717, 1.165) is 11.6 Å². The van der Waals surface area contributed by atoms with Gasteiger partial charge in [-0.25, -0.2) is 0 Å². The molecule has 1 aromatic carbocycles. The second kappa shape index (κ2) is 6.10. The van der Waals surface area contributed by atoms with Crippen LogP contribution in [0.3, 0.4) is 0 Å². The molecule has 2 N–H and O–H groups in total. The van der Waals surface area contributed by atoms with E-state index in [1.807, 2.05) is 12.1 Å².